The third-order valence-corrected chi connectivity index (χ3v) is 11.9. The first kappa shape index (κ1) is 39.8. The Morgan fingerprint density at radius 3 is 2.30 bits per heavy atom. The fourth-order valence-corrected chi connectivity index (χ4v) is 8.30. The van der Waals surface area contributed by atoms with Crippen LogP contribution in [0.25, 0.3) is 0 Å². The number of anilines is 1. The smallest absolute Gasteiger partial charge is 0.273 e. The average Bonchev–Trinajstić information content (AvgIpc) is 3.14. The van der Waals surface area contributed by atoms with Crippen molar-refractivity contribution in [1.29, 1.82) is 0 Å². The zero-order valence-corrected chi connectivity index (χ0v) is 32.2. The molecule has 15 heteroatoms. The molecule has 0 spiro atoms. The van der Waals surface area contributed by atoms with Gasteiger partial charge in [0.05, 0.1) is 32.7 Å². The molecule has 11 nitrogen and oxygen atoms in total. The number of amides is 2. The van der Waals surface area contributed by atoms with Crippen LogP contribution in [-0.4, -0.2) is 55.8 Å². The number of ether oxygens (including phenoxy) is 1. The fourth-order valence-electron chi connectivity index (χ4n) is 6.38. The number of sulfonamides is 1. The van der Waals surface area contributed by atoms with Crippen LogP contribution in [0.1, 0.15) is 48.8 Å². The lowest BCUT2D eigenvalue weighted by atomic mass is 9.94. The van der Waals surface area contributed by atoms with Crippen LogP contribution >= 0.6 is 34.8 Å². The van der Waals surface area contributed by atoms with Crippen LogP contribution in [0.5, 0.6) is 5.75 Å². The topological polar surface area (TPSA) is 139 Å². The zero-order chi connectivity index (χ0) is 38.3. The minimum Gasteiger partial charge on any atom is -0.495 e. The number of aryl methyl sites for hydroxylation is 1. The minimum atomic E-state index is -4.71. The molecule has 0 heterocycles. The van der Waals surface area contributed by atoms with E-state index in [4.69, 9.17) is 39.5 Å². The van der Waals surface area contributed by atoms with Crippen molar-refractivity contribution in [3.63, 3.8) is 0 Å². The van der Waals surface area contributed by atoms with Crippen molar-refractivity contribution in [2.75, 3.05) is 18.0 Å². The van der Waals surface area contributed by atoms with Gasteiger partial charge in [-0.1, -0.05) is 96.5 Å². The molecule has 5 rings (SSSR count). The summed E-state index contributed by atoms with van der Waals surface area (Å²) in [7, 11) is -3.38. The summed E-state index contributed by atoms with van der Waals surface area (Å²) in [5.41, 5.74) is 1.06. The second-order valence-corrected chi connectivity index (χ2v) is 16.0. The molecule has 53 heavy (non-hydrogen) atoms. The number of benzene rings is 4. The lowest BCUT2D eigenvalue weighted by molar-refractivity contribution is -0.385. The summed E-state index contributed by atoms with van der Waals surface area (Å²) < 4.78 is 35.5. The molecular formula is C38H39Cl3N4O7S. The molecule has 0 saturated heterocycles. The van der Waals surface area contributed by atoms with Crippen LogP contribution in [0.2, 0.25) is 15.1 Å². The lowest BCUT2D eigenvalue weighted by Gasteiger charge is -2.35. The summed E-state index contributed by atoms with van der Waals surface area (Å²) in [6, 6.07) is 20.6. The van der Waals surface area contributed by atoms with Crippen LogP contribution in [-0.2, 0) is 32.6 Å². The number of halogens is 3. The van der Waals surface area contributed by atoms with Gasteiger partial charge in [-0.25, -0.2) is 8.42 Å². The number of carbonyl (C=O) groups excluding carboxylic acids is 2. The Labute approximate surface area is 324 Å². The molecule has 1 aliphatic carbocycles. The molecule has 1 N–H and O–H groups in total. The molecule has 2 amide bonds. The van der Waals surface area contributed by atoms with E-state index < -0.39 is 49.9 Å². The fraction of sp³-hybridized carbons (Fsp3) is 0.316. The third kappa shape index (κ3) is 9.80. The van der Waals surface area contributed by atoms with Gasteiger partial charge in [-0.15, -0.1) is 0 Å². The molecule has 1 saturated carbocycles. The number of rotatable bonds is 14. The molecule has 4 aromatic rings. The van der Waals surface area contributed by atoms with E-state index in [1.807, 2.05) is 30.3 Å². The largest absolute Gasteiger partial charge is 0.495 e. The molecule has 4 aromatic carbocycles. The Bertz CT molecular complexity index is 2080. The highest BCUT2D eigenvalue weighted by Gasteiger charge is 2.37. The third-order valence-electron chi connectivity index (χ3n) is 9.21. The van der Waals surface area contributed by atoms with E-state index in [-0.39, 0.29) is 46.1 Å². The van der Waals surface area contributed by atoms with E-state index in [1.165, 1.54) is 49.3 Å². The van der Waals surface area contributed by atoms with Gasteiger partial charge in [0, 0.05) is 35.7 Å². The average molecular weight is 802 g/mol. The summed E-state index contributed by atoms with van der Waals surface area (Å²) in [4.78, 5) is 41.3. The second kappa shape index (κ2) is 17.6. The first-order chi connectivity index (χ1) is 25.3. The number of hydrogen-bond donors (Lipinski definition) is 1. The van der Waals surface area contributed by atoms with Gasteiger partial charge in [0.2, 0.25) is 11.8 Å². The van der Waals surface area contributed by atoms with Gasteiger partial charge in [0.25, 0.3) is 15.7 Å². The summed E-state index contributed by atoms with van der Waals surface area (Å²) in [5, 5.41) is 15.7. The molecule has 0 bridgehead atoms. The highest BCUT2D eigenvalue weighted by atomic mass is 35.5. The highest BCUT2D eigenvalue weighted by molar-refractivity contribution is 7.92. The molecule has 0 aromatic heterocycles. The molecule has 1 aliphatic rings. The maximum Gasteiger partial charge on any atom is 0.273 e. The number of nitrogens with one attached hydrogen (secondary N) is 1. The zero-order valence-electron chi connectivity index (χ0n) is 29.1. The minimum absolute atomic E-state index is 0.0688. The lowest BCUT2D eigenvalue weighted by Crippen LogP contribution is -2.55. The van der Waals surface area contributed by atoms with Crippen molar-refractivity contribution in [3.8, 4) is 5.75 Å². The predicted molar refractivity (Wildman–Crippen MR) is 206 cm³/mol. The predicted octanol–water partition coefficient (Wildman–Crippen LogP) is 8.16. The van der Waals surface area contributed by atoms with Gasteiger partial charge in [-0.05, 0) is 67.3 Å². The molecular weight excluding hydrogens is 763 g/mol. The Balaban J connectivity index is 1.64. The first-order valence-electron chi connectivity index (χ1n) is 17.0. The molecule has 280 valence electrons. The number of nitrogens with zero attached hydrogens (tertiary/aromatic N) is 3. The maximum atomic E-state index is 14.9. The van der Waals surface area contributed by atoms with Crippen molar-refractivity contribution in [3.05, 3.63) is 127 Å². The Kier molecular flexibility index (Phi) is 13.3. The van der Waals surface area contributed by atoms with E-state index in [0.717, 1.165) is 48.0 Å². The van der Waals surface area contributed by atoms with Crippen molar-refractivity contribution in [2.24, 2.45) is 0 Å². The SMILES string of the molecule is COc1ccc(Cl)cc1N(CC(=O)N(Cc1ccc(Cl)c(Cl)c1)C(Cc1ccccc1)C(=O)NC1CCCCC1)S(=O)(=O)c1ccc(C)c([N+](=O)[O-])c1. The maximum absolute atomic E-state index is 14.9. The Hall–Kier alpha value is -4.36. The van der Waals surface area contributed by atoms with Crippen LogP contribution in [0.3, 0.4) is 0 Å². The van der Waals surface area contributed by atoms with Crippen molar-refractivity contribution in [1.82, 2.24) is 10.2 Å². The van der Waals surface area contributed by atoms with Crippen LogP contribution < -0.4 is 14.4 Å². The van der Waals surface area contributed by atoms with Gasteiger partial charge in [-0.3, -0.25) is 24.0 Å². The van der Waals surface area contributed by atoms with E-state index in [0.29, 0.717) is 10.6 Å². The van der Waals surface area contributed by atoms with Gasteiger partial charge in [0.15, 0.2) is 0 Å². The second-order valence-electron chi connectivity index (χ2n) is 12.9. The summed E-state index contributed by atoms with van der Waals surface area (Å²) in [6.07, 6.45) is 4.71. The molecule has 0 radical (unpaired) electrons. The van der Waals surface area contributed by atoms with E-state index >= 15 is 0 Å². The Morgan fingerprint density at radius 1 is 0.925 bits per heavy atom. The van der Waals surface area contributed by atoms with Crippen molar-refractivity contribution >= 4 is 68.0 Å². The van der Waals surface area contributed by atoms with E-state index in [2.05, 4.69) is 5.32 Å². The summed E-state index contributed by atoms with van der Waals surface area (Å²) >= 11 is 19.0. The monoisotopic (exact) mass is 800 g/mol. The first-order valence-corrected chi connectivity index (χ1v) is 19.5. The molecule has 1 fully saturated rings. The molecule has 1 unspecified atom stereocenters. The number of nitro groups is 1. The van der Waals surface area contributed by atoms with Crippen LogP contribution in [0.4, 0.5) is 11.4 Å². The molecule has 0 aliphatic heterocycles. The van der Waals surface area contributed by atoms with Gasteiger partial charge in [0.1, 0.15) is 18.3 Å². The van der Waals surface area contributed by atoms with Gasteiger partial charge < -0.3 is 15.0 Å². The number of hydrogen-bond acceptors (Lipinski definition) is 7. The van der Waals surface area contributed by atoms with Gasteiger partial charge in [-0.2, -0.15) is 0 Å². The summed E-state index contributed by atoms with van der Waals surface area (Å²) in [5.74, 6) is -1.07. The number of methoxy groups -OCH3 is 1. The number of nitro benzene ring substituents is 1. The summed E-state index contributed by atoms with van der Waals surface area (Å²) in [6.45, 7) is 0.522. The van der Waals surface area contributed by atoms with E-state index in [9.17, 15) is 28.1 Å². The highest BCUT2D eigenvalue weighted by Crippen LogP contribution is 2.36. The van der Waals surface area contributed by atoms with E-state index in [1.54, 1.807) is 18.2 Å². The quantitative estimate of drug-likeness (QED) is 0.100. The van der Waals surface area contributed by atoms with Gasteiger partial charge >= 0.3 is 0 Å². The Morgan fingerprint density at radius 2 is 1.64 bits per heavy atom. The van der Waals surface area contributed by atoms with Crippen LogP contribution in [0, 0.1) is 17.0 Å². The number of carbonyl (C=O) groups is 2. The molecule has 1 atom stereocenters. The van der Waals surface area contributed by atoms with Crippen LogP contribution in [0.15, 0.2) is 89.8 Å². The van der Waals surface area contributed by atoms with Crippen molar-refractivity contribution in [2.45, 2.75) is 69.0 Å². The normalized spacial score (nSPS) is 13.9. The van der Waals surface area contributed by atoms with Crippen molar-refractivity contribution < 1.29 is 27.7 Å². The standard InChI is InChI=1S/C38H39Cl3N4O7S/c1-25-13-16-30(22-33(25)45(48)49)53(50,51)44(34-21-28(39)15-18-36(34)52-2)24-37(46)43(23-27-14-17-31(40)32(41)19-27)35(20-26-9-5-3-6-10-26)38(47)42-29-11-7-4-8-12-29/h3,5-6,9-10,13-19,21-22,29,35H,4,7-8,11-12,20,23-24H2,1-2H3,(H,42,47).